The summed E-state index contributed by atoms with van der Waals surface area (Å²) in [5.74, 6) is -0.309. The molecule has 0 unspecified atom stereocenters. The number of hydrogen-bond donors (Lipinski definition) is 0. The van der Waals surface area contributed by atoms with Gasteiger partial charge in [0.05, 0.1) is 4.90 Å². The molecule has 5 nitrogen and oxygen atoms in total. The van der Waals surface area contributed by atoms with E-state index in [4.69, 9.17) is 0 Å². The van der Waals surface area contributed by atoms with Crippen LogP contribution < -0.4 is 0 Å². The molecule has 26 heavy (non-hydrogen) atoms. The first-order valence-corrected chi connectivity index (χ1v) is 10.9. The summed E-state index contributed by atoms with van der Waals surface area (Å²) < 4.78 is 39.2. The number of nitrogens with zero attached hydrogens (tertiary/aromatic N) is 2. The largest absolute Gasteiger partial charge is 0.337 e. The van der Waals surface area contributed by atoms with Gasteiger partial charge >= 0.3 is 0 Å². The molecule has 144 valence electrons. The van der Waals surface area contributed by atoms with E-state index in [2.05, 4.69) is 4.90 Å². The first-order valence-electron chi connectivity index (χ1n) is 9.42. The van der Waals surface area contributed by atoms with Crippen LogP contribution in [0.4, 0.5) is 4.39 Å². The van der Waals surface area contributed by atoms with Gasteiger partial charge in [-0.05, 0) is 56.4 Å². The average Bonchev–Trinajstić information content (AvgIpc) is 3.29. The minimum Gasteiger partial charge on any atom is -0.337 e. The van der Waals surface area contributed by atoms with Gasteiger partial charge < -0.3 is 4.90 Å². The topological polar surface area (TPSA) is 57.7 Å². The third kappa shape index (κ3) is 4.43. The number of rotatable bonds is 8. The third-order valence-corrected chi connectivity index (χ3v) is 7.20. The van der Waals surface area contributed by atoms with E-state index in [0.29, 0.717) is 24.9 Å². The van der Waals surface area contributed by atoms with Gasteiger partial charge in [-0.1, -0.05) is 12.8 Å². The van der Waals surface area contributed by atoms with Crippen molar-refractivity contribution in [1.29, 1.82) is 0 Å². The zero-order valence-electron chi connectivity index (χ0n) is 15.2. The summed E-state index contributed by atoms with van der Waals surface area (Å²) in [4.78, 5) is 14.8. The second-order valence-corrected chi connectivity index (χ2v) is 9.40. The standard InChI is InChI=1S/C19H27FN2O3S/c1-21(26(24,25)18-12-8-15(20)9-13-18)14-4-7-19(23)22(17-10-11-17)16-5-2-3-6-16/h8-9,12-13,16-17H,2-7,10-11,14H2,1H3. The number of hydrogen-bond acceptors (Lipinski definition) is 3. The van der Waals surface area contributed by atoms with Crippen LogP contribution in [0.1, 0.15) is 51.4 Å². The monoisotopic (exact) mass is 382 g/mol. The third-order valence-electron chi connectivity index (χ3n) is 5.33. The van der Waals surface area contributed by atoms with E-state index in [0.717, 1.165) is 37.8 Å². The molecule has 0 aromatic heterocycles. The Bertz CT molecular complexity index is 726. The van der Waals surface area contributed by atoms with Gasteiger partial charge in [0.15, 0.2) is 0 Å². The van der Waals surface area contributed by atoms with Crippen molar-refractivity contribution < 1.29 is 17.6 Å². The highest BCUT2D eigenvalue weighted by Crippen LogP contribution is 2.35. The minimum atomic E-state index is -3.65. The molecule has 1 amide bonds. The first kappa shape index (κ1) is 19.3. The maximum atomic E-state index is 13.0. The molecule has 0 spiro atoms. The van der Waals surface area contributed by atoms with Crippen molar-refractivity contribution in [2.75, 3.05) is 13.6 Å². The van der Waals surface area contributed by atoms with Crippen LogP contribution in [0.5, 0.6) is 0 Å². The molecule has 7 heteroatoms. The molecule has 2 aliphatic rings. The predicted molar refractivity (Wildman–Crippen MR) is 97.6 cm³/mol. The van der Waals surface area contributed by atoms with Gasteiger partial charge in [0.1, 0.15) is 5.82 Å². The highest BCUT2D eigenvalue weighted by molar-refractivity contribution is 7.89. The number of halogens is 1. The molecule has 2 saturated carbocycles. The predicted octanol–water partition coefficient (Wildman–Crippen LogP) is 3.16. The number of amides is 1. The van der Waals surface area contributed by atoms with Crippen LogP contribution in [0.25, 0.3) is 0 Å². The zero-order chi connectivity index (χ0) is 18.7. The Hall–Kier alpha value is -1.47. The molecule has 1 aromatic carbocycles. The zero-order valence-corrected chi connectivity index (χ0v) is 16.0. The van der Waals surface area contributed by atoms with E-state index in [-0.39, 0.29) is 17.3 Å². The van der Waals surface area contributed by atoms with Crippen molar-refractivity contribution in [1.82, 2.24) is 9.21 Å². The van der Waals surface area contributed by atoms with E-state index in [1.807, 2.05) is 0 Å². The van der Waals surface area contributed by atoms with Crippen molar-refractivity contribution in [3.63, 3.8) is 0 Å². The van der Waals surface area contributed by atoms with E-state index < -0.39 is 15.8 Å². The van der Waals surface area contributed by atoms with Gasteiger partial charge in [-0.15, -0.1) is 0 Å². The summed E-state index contributed by atoms with van der Waals surface area (Å²) in [6.07, 6.45) is 7.64. The number of sulfonamides is 1. The van der Waals surface area contributed by atoms with Crippen molar-refractivity contribution in [3.05, 3.63) is 30.1 Å². The van der Waals surface area contributed by atoms with Crippen molar-refractivity contribution in [3.8, 4) is 0 Å². The molecule has 0 atom stereocenters. The Balaban J connectivity index is 1.53. The van der Waals surface area contributed by atoms with Crippen molar-refractivity contribution >= 4 is 15.9 Å². The lowest BCUT2D eigenvalue weighted by atomic mass is 10.1. The number of benzene rings is 1. The van der Waals surface area contributed by atoms with Gasteiger partial charge in [0, 0.05) is 32.1 Å². The maximum Gasteiger partial charge on any atom is 0.242 e. The highest BCUT2D eigenvalue weighted by atomic mass is 32.2. The summed E-state index contributed by atoms with van der Waals surface area (Å²) in [5, 5.41) is 0. The molecule has 0 heterocycles. The first-order chi connectivity index (χ1) is 12.4. The summed E-state index contributed by atoms with van der Waals surface area (Å²) in [7, 11) is -2.15. The number of carbonyl (C=O) groups excluding carboxylic acids is 1. The van der Waals surface area contributed by atoms with Crippen LogP contribution in [0.15, 0.2) is 29.2 Å². The quantitative estimate of drug-likeness (QED) is 0.694. The molecule has 0 bridgehead atoms. The molecule has 2 fully saturated rings. The average molecular weight is 383 g/mol. The van der Waals surface area contributed by atoms with Crippen molar-refractivity contribution in [2.45, 2.75) is 68.3 Å². The maximum absolute atomic E-state index is 13.0. The Morgan fingerprint density at radius 1 is 1.08 bits per heavy atom. The van der Waals surface area contributed by atoms with Crippen LogP contribution >= 0.6 is 0 Å². The molecular weight excluding hydrogens is 355 g/mol. The van der Waals surface area contributed by atoms with Crippen LogP contribution in [-0.4, -0.2) is 49.2 Å². The summed E-state index contributed by atoms with van der Waals surface area (Å²) >= 11 is 0. The van der Waals surface area contributed by atoms with Gasteiger partial charge in [-0.2, -0.15) is 0 Å². The van der Waals surface area contributed by atoms with E-state index in [1.165, 1.54) is 36.3 Å². The Kier molecular flexibility index (Phi) is 5.97. The fourth-order valence-corrected chi connectivity index (χ4v) is 4.94. The molecule has 1 aromatic rings. The lowest BCUT2D eigenvalue weighted by Crippen LogP contribution is -2.40. The van der Waals surface area contributed by atoms with E-state index >= 15 is 0 Å². The van der Waals surface area contributed by atoms with Crippen LogP contribution in [0.3, 0.4) is 0 Å². The molecule has 0 saturated heterocycles. The van der Waals surface area contributed by atoms with Crippen LogP contribution in [-0.2, 0) is 14.8 Å². The lowest BCUT2D eigenvalue weighted by Gasteiger charge is -2.29. The summed E-state index contributed by atoms with van der Waals surface area (Å²) in [5.41, 5.74) is 0. The fourth-order valence-electron chi connectivity index (χ4n) is 3.73. The normalized spacial score (nSPS) is 18.4. The number of carbonyl (C=O) groups is 1. The summed E-state index contributed by atoms with van der Waals surface area (Å²) in [6.45, 7) is 0.272. The highest BCUT2D eigenvalue weighted by Gasteiger charge is 2.37. The molecular formula is C19H27FN2O3S. The van der Waals surface area contributed by atoms with Gasteiger partial charge in [-0.25, -0.2) is 17.1 Å². The second-order valence-electron chi connectivity index (χ2n) is 7.35. The van der Waals surface area contributed by atoms with Gasteiger partial charge in [0.2, 0.25) is 15.9 Å². The van der Waals surface area contributed by atoms with E-state index in [1.54, 1.807) is 0 Å². The van der Waals surface area contributed by atoms with Crippen molar-refractivity contribution in [2.24, 2.45) is 0 Å². The Morgan fingerprint density at radius 2 is 1.65 bits per heavy atom. The molecule has 0 N–H and O–H groups in total. The lowest BCUT2D eigenvalue weighted by molar-refractivity contribution is -0.134. The Labute approximate surface area is 155 Å². The van der Waals surface area contributed by atoms with Gasteiger partial charge in [0.25, 0.3) is 0 Å². The SMILES string of the molecule is CN(CCCC(=O)N(C1CCCC1)C1CC1)S(=O)(=O)c1ccc(F)cc1. The molecule has 2 aliphatic carbocycles. The minimum absolute atomic E-state index is 0.0679. The fraction of sp³-hybridized carbons (Fsp3) is 0.632. The van der Waals surface area contributed by atoms with Crippen LogP contribution in [0, 0.1) is 5.82 Å². The molecule has 0 radical (unpaired) electrons. The second kappa shape index (κ2) is 8.05. The van der Waals surface area contributed by atoms with E-state index in [9.17, 15) is 17.6 Å². The molecule has 3 rings (SSSR count). The smallest absolute Gasteiger partial charge is 0.242 e. The van der Waals surface area contributed by atoms with Crippen LogP contribution in [0.2, 0.25) is 0 Å². The Morgan fingerprint density at radius 3 is 2.23 bits per heavy atom. The summed E-state index contributed by atoms with van der Waals surface area (Å²) in [6, 6.07) is 5.60. The molecule has 0 aliphatic heterocycles. The van der Waals surface area contributed by atoms with Gasteiger partial charge in [-0.3, -0.25) is 4.79 Å².